The minimum atomic E-state index is -3.59. The first-order chi connectivity index (χ1) is 15.0. The first-order valence-corrected chi connectivity index (χ1v) is 12.0. The lowest BCUT2D eigenvalue weighted by atomic mass is 9.97. The molecule has 0 radical (unpaired) electrons. The van der Waals surface area contributed by atoms with Crippen molar-refractivity contribution in [3.63, 3.8) is 0 Å². The Balaban J connectivity index is 1.32. The molecule has 0 bridgehead atoms. The Morgan fingerprint density at radius 1 is 1.10 bits per heavy atom. The summed E-state index contributed by atoms with van der Waals surface area (Å²) in [6.07, 6.45) is 4.36. The summed E-state index contributed by atoms with van der Waals surface area (Å²) in [6.45, 7) is 2.43. The Kier molecular flexibility index (Phi) is 6.42. The third-order valence-corrected chi connectivity index (χ3v) is 7.79. The van der Waals surface area contributed by atoms with E-state index in [0.29, 0.717) is 43.6 Å². The van der Waals surface area contributed by atoms with E-state index < -0.39 is 10.0 Å². The minimum Gasteiger partial charge on any atom is -0.497 e. The number of nitrogens with zero attached hydrogens (tertiary/aromatic N) is 4. The van der Waals surface area contributed by atoms with Crippen molar-refractivity contribution in [3.05, 3.63) is 24.3 Å². The summed E-state index contributed by atoms with van der Waals surface area (Å²) in [5.74, 6) is 1.10. The fourth-order valence-electron chi connectivity index (χ4n) is 4.02. The van der Waals surface area contributed by atoms with Crippen molar-refractivity contribution < 1.29 is 17.9 Å². The van der Waals surface area contributed by atoms with Crippen molar-refractivity contribution in [2.45, 2.75) is 37.0 Å². The second-order valence-electron chi connectivity index (χ2n) is 7.87. The van der Waals surface area contributed by atoms with E-state index in [0.717, 1.165) is 25.9 Å². The van der Waals surface area contributed by atoms with Crippen LogP contribution in [0.1, 0.15) is 32.1 Å². The SMILES string of the molecule is COc1ccc(S(=O)(=O)N2CCC(C(=O)Nc3nc(N4CCCCC4)n[nH]3)CC2)cc1. The molecule has 0 atom stereocenters. The minimum absolute atomic E-state index is 0.164. The molecule has 3 heterocycles. The van der Waals surface area contributed by atoms with Gasteiger partial charge in [0.1, 0.15) is 5.75 Å². The summed E-state index contributed by atoms with van der Waals surface area (Å²) in [6, 6.07) is 6.33. The van der Waals surface area contributed by atoms with Crippen LogP contribution in [0.25, 0.3) is 0 Å². The van der Waals surface area contributed by atoms with E-state index in [4.69, 9.17) is 4.74 Å². The van der Waals surface area contributed by atoms with Gasteiger partial charge in [-0.3, -0.25) is 10.1 Å². The molecule has 1 amide bonds. The van der Waals surface area contributed by atoms with Gasteiger partial charge in [-0.2, -0.15) is 9.29 Å². The molecule has 2 aromatic rings. The number of hydrogen-bond donors (Lipinski definition) is 2. The van der Waals surface area contributed by atoms with Crippen LogP contribution in [0.5, 0.6) is 5.75 Å². The van der Waals surface area contributed by atoms with Crippen LogP contribution in [0.4, 0.5) is 11.9 Å². The van der Waals surface area contributed by atoms with Crippen LogP contribution in [0.2, 0.25) is 0 Å². The normalized spacial score (nSPS) is 18.7. The molecule has 2 fully saturated rings. The number of benzene rings is 1. The standard InChI is InChI=1S/C20H28N6O4S/c1-30-16-5-7-17(8-6-16)31(28,29)26-13-9-15(10-14-26)18(27)21-19-22-20(24-23-19)25-11-3-2-4-12-25/h5-8,15H,2-4,9-14H2,1H3,(H2,21,22,23,24,27). The third kappa shape index (κ3) is 4.82. The summed E-state index contributed by atoms with van der Waals surface area (Å²) < 4.78 is 32.2. The maximum absolute atomic E-state index is 12.9. The van der Waals surface area contributed by atoms with Crippen molar-refractivity contribution in [1.29, 1.82) is 0 Å². The second kappa shape index (κ2) is 9.23. The zero-order valence-corrected chi connectivity index (χ0v) is 18.4. The first kappa shape index (κ1) is 21.6. The number of piperidine rings is 2. The number of aromatic nitrogens is 3. The summed E-state index contributed by atoms with van der Waals surface area (Å²) in [5.41, 5.74) is 0. The van der Waals surface area contributed by atoms with Crippen molar-refractivity contribution in [3.8, 4) is 5.75 Å². The molecule has 4 rings (SSSR count). The Labute approximate surface area is 182 Å². The fourth-order valence-corrected chi connectivity index (χ4v) is 5.49. The number of nitrogens with one attached hydrogen (secondary N) is 2. The second-order valence-corrected chi connectivity index (χ2v) is 9.81. The molecule has 10 nitrogen and oxygen atoms in total. The molecule has 2 aliphatic heterocycles. The molecule has 2 N–H and O–H groups in total. The molecule has 0 saturated carbocycles. The lowest BCUT2D eigenvalue weighted by molar-refractivity contribution is -0.121. The van der Waals surface area contributed by atoms with Crippen molar-refractivity contribution >= 4 is 27.8 Å². The molecule has 2 saturated heterocycles. The molecule has 168 valence electrons. The van der Waals surface area contributed by atoms with Crippen molar-refractivity contribution in [2.24, 2.45) is 5.92 Å². The van der Waals surface area contributed by atoms with Crippen LogP contribution in [-0.4, -0.2) is 67.1 Å². The number of aromatic amines is 1. The molecule has 1 aromatic heterocycles. The highest BCUT2D eigenvalue weighted by atomic mass is 32.2. The fraction of sp³-hybridized carbons (Fsp3) is 0.550. The quantitative estimate of drug-likeness (QED) is 0.692. The van der Waals surface area contributed by atoms with Gasteiger partial charge in [-0.1, -0.05) is 0 Å². The monoisotopic (exact) mass is 448 g/mol. The smallest absolute Gasteiger partial charge is 0.246 e. The van der Waals surface area contributed by atoms with Gasteiger partial charge in [0.2, 0.25) is 27.8 Å². The van der Waals surface area contributed by atoms with Gasteiger partial charge in [0.25, 0.3) is 0 Å². The molecule has 31 heavy (non-hydrogen) atoms. The van der Waals surface area contributed by atoms with Crippen molar-refractivity contribution in [2.75, 3.05) is 43.5 Å². The molecule has 11 heteroatoms. The number of rotatable bonds is 6. The van der Waals surface area contributed by atoms with E-state index in [1.165, 1.54) is 30.0 Å². The highest BCUT2D eigenvalue weighted by molar-refractivity contribution is 7.89. The average molecular weight is 449 g/mol. The van der Waals surface area contributed by atoms with Crippen LogP contribution in [0.15, 0.2) is 29.2 Å². The molecule has 2 aliphatic rings. The lowest BCUT2D eigenvalue weighted by Crippen LogP contribution is -2.41. The Morgan fingerprint density at radius 3 is 2.42 bits per heavy atom. The highest BCUT2D eigenvalue weighted by Crippen LogP contribution is 2.26. The van der Waals surface area contributed by atoms with E-state index in [-0.39, 0.29) is 16.7 Å². The molecular formula is C20H28N6O4S. The van der Waals surface area contributed by atoms with E-state index in [2.05, 4.69) is 25.4 Å². The number of H-pyrrole nitrogens is 1. The Bertz CT molecular complexity index is 993. The number of sulfonamides is 1. The Morgan fingerprint density at radius 2 is 1.77 bits per heavy atom. The number of carbonyl (C=O) groups is 1. The van der Waals surface area contributed by atoms with Gasteiger partial charge in [-0.25, -0.2) is 13.5 Å². The topological polar surface area (TPSA) is 121 Å². The van der Waals surface area contributed by atoms with Crippen LogP contribution in [0, 0.1) is 5.92 Å². The predicted octanol–water partition coefficient (Wildman–Crippen LogP) is 1.84. The molecule has 0 aliphatic carbocycles. The van der Waals surface area contributed by atoms with Crippen LogP contribution >= 0.6 is 0 Å². The number of hydrogen-bond acceptors (Lipinski definition) is 7. The number of carbonyl (C=O) groups excluding carboxylic acids is 1. The maximum atomic E-state index is 12.9. The first-order valence-electron chi connectivity index (χ1n) is 10.6. The summed E-state index contributed by atoms with van der Waals surface area (Å²) in [4.78, 5) is 19.4. The third-order valence-electron chi connectivity index (χ3n) is 5.88. The van der Waals surface area contributed by atoms with Gasteiger partial charge in [0.05, 0.1) is 12.0 Å². The van der Waals surface area contributed by atoms with Gasteiger partial charge in [-0.15, -0.1) is 5.10 Å². The largest absolute Gasteiger partial charge is 0.497 e. The summed E-state index contributed by atoms with van der Waals surface area (Å²) in [7, 11) is -2.06. The van der Waals surface area contributed by atoms with Crippen LogP contribution < -0.4 is 15.0 Å². The van der Waals surface area contributed by atoms with Gasteiger partial charge in [-0.05, 0) is 56.4 Å². The van der Waals surface area contributed by atoms with Crippen LogP contribution in [0.3, 0.4) is 0 Å². The van der Waals surface area contributed by atoms with Crippen LogP contribution in [-0.2, 0) is 14.8 Å². The Hall–Kier alpha value is -2.66. The molecule has 0 spiro atoms. The summed E-state index contributed by atoms with van der Waals surface area (Å²) >= 11 is 0. The lowest BCUT2D eigenvalue weighted by Gasteiger charge is -2.30. The van der Waals surface area contributed by atoms with Gasteiger partial charge in [0, 0.05) is 32.1 Å². The summed E-state index contributed by atoms with van der Waals surface area (Å²) in [5, 5.41) is 9.78. The highest BCUT2D eigenvalue weighted by Gasteiger charge is 2.32. The molecular weight excluding hydrogens is 420 g/mol. The van der Waals surface area contributed by atoms with Crippen molar-refractivity contribution in [1.82, 2.24) is 19.5 Å². The number of anilines is 2. The van der Waals surface area contributed by atoms with Gasteiger partial charge >= 0.3 is 0 Å². The maximum Gasteiger partial charge on any atom is 0.246 e. The number of amides is 1. The number of ether oxygens (including phenoxy) is 1. The van der Waals surface area contributed by atoms with E-state index >= 15 is 0 Å². The van der Waals surface area contributed by atoms with E-state index in [1.54, 1.807) is 12.1 Å². The van der Waals surface area contributed by atoms with E-state index in [9.17, 15) is 13.2 Å². The van der Waals surface area contributed by atoms with E-state index in [1.807, 2.05) is 0 Å². The van der Waals surface area contributed by atoms with Gasteiger partial charge in [0.15, 0.2) is 0 Å². The molecule has 0 unspecified atom stereocenters. The average Bonchev–Trinajstić information content (AvgIpc) is 3.28. The molecule has 1 aromatic carbocycles. The number of methoxy groups -OCH3 is 1. The zero-order chi connectivity index (χ0) is 21.8. The predicted molar refractivity (Wildman–Crippen MR) is 116 cm³/mol. The zero-order valence-electron chi connectivity index (χ0n) is 17.6. The van der Waals surface area contributed by atoms with Gasteiger partial charge < -0.3 is 9.64 Å².